The summed E-state index contributed by atoms with van der Waals surface area (Å²) in [5.41, 5.74) is 0. The predicted octanol–water partition coefficient (Wildman–Crippen LogP) is 0.965. The van der Waals surface area contributed by atoms with E-state index in [1.54, 1.807) is 11.8 Å². The lowest BCUT2D eigenvalue weighted by Crippen LogP contribution is -2.28. The Morgan fingerprint density at radius 3 is 2.92 bits per heavy atom. The summed E-state index contributed by atoms with van der Waals surface area (Å²) in [6.45, 7) is 0. The van der Waals surface area contributed by atoms with Crippen LogP contribution in [0.15, 0.2) is 0 Å². The number of aliphatic hydroxyl groups is 1. The van der Waals surface area contributed by atoms with E-state index in [0.717, 1.165) is 17.9 Å². The molecule has 1 aliphatic rings. The summed E-state index contributed by atoms with van der Waals surface area (Å²) < 4.78 is 0. The summed E-state index contributed by atoms with van der Waals surface area (Å²) in [7, 11) is 0. The van der Waals surface area contributed by atoms with Crippen molar-refractivity contribution in [2.45, 2.75) is 25.4 Å². The highest BCUT2D eigenvalue weighted by Crippen LogP contribution is 2.26. The normalized spacial score (nSPS) is 30.1. The van der Waals surface area contributed by atoms with E-state index < -0.39 is 5.97 Å². The first-order valence-electron chi connectivity index (χ1n) is 4.17. The molecule has 0 aliphatic carbocycles. The first kappa shape index (κ1) is 9.86. The van der Waals surface area contributed by atoms with E-state index in [9.17, 15) is 9.90 Å². The number of carboxylic acid groups (broad SMARTS) is 1. The molecule has 0 bridgehead atoms. The average molecular weight is 190 g/mol. The molecule has 0 aromatic carbocycles. The third kappa shape index (κ3) is 3.03. The fourth-order valence-electron chi connectivity index (χ4n) is 1.37. The van der Waals surface area contributed by atoms with Gasteiger partial charge in [-0.05, 0) is 30.3 Å². The molecule has 0 aromatic rings. The van der Waals surface area contributed by atoms with Crippen molar-refractivity contribution in [3.8, 4) is 0 Å². The second-order valence-electron chi connectivity index (χ2n) is 3.12. The van der Waals surface area contributed by atoms with Crippen LogP contribution in [0.3, 0.4) is 0 Å². The van der Waals surface area contributed by atoms with E-state index in [-0.39, 0.29) is 18.4 Å². The zero-order valence-electron chi connectivity index (χ0n) is 6.90. The van der Waals surface area contributed by atoms with Gasteiger partial charge in [0.05, 0.1) is 6.10 Å². The van der Waals surface area contributed by atoms with E-state index in [0.29, 0.717) is 6.42 Å². The molecule has 0 amide bonds. The molecule has 70 valence electrons. The molecule has 2 atom stereocenters. The summed E-state index contributed by atoms with van der Waals surface area (Å²) in [5.74, 6) is 1.34. The van der Waals surface area contributed by atoms with Gasteiger partial charge in [-0.3, -0.25) is 4.79 Å². The van der Waals surface area contributed by atoms with Crippen molar-refractivity contribution in [3.63, 3.8) is 0 Å². The lowest BCUT2D eigenvalue weighted by molar-refractivity contribution is -0.137. The number of rotatable bonds is 3. The van der Waals surface area contributed by atoms with Crippen LogP contribution in [0.2, 0.25) is 0 Å². The zero-order valence-corrected chi connectivity index (χ0v) is 7.72. The third-order valence-corrected chi connectivity index (χ3v) is 3.35. The van der Waals surface area contributed by atoms with Gasteiger partial charge < -0.3 is 10.2 Å². The molecule has 1 saturated heterocycles. The van der Waals surface area contributed by atoms with Crippen molar-refractivity contribution >= 4 is 17.7 Å². The first-order valence-corrected chi connectivity index (χ1v) is 5.33. The average Bonchev–Trinajstić information content (AvgIpc) is 2.03. The number of hydrogen-bond acceptors (Lipinski definition) is 3. The molecule has 1 aliphatic heterocycles. The van der Waals surface area contributed by atoms with Crippen molar-refractivity contribution in [2.75, 3.05) is 11.5 Å². The van der Waals surface area contributed by atoms with E-state index >= 15 is 0 Å². The Morgan fingerprint density at radius 1 is 1.58 bits per heavy atom. The Balaban J connectivity index is 2.24. The monoisotopic (exact) mass is 190 g/mol. The van der Waals surface area contributed by atoms with Crippen LogP contribution in [0.5, 0.6) is 0 Å². The van der Waals surface area contributed by atoms with E-state index in [1.165, 1.54) is 0 Å². The van der Waals surface area contributed by atoms with Gasteiger partial charge in [-0.1, -0.05) is 0 Å². The van der Waals surface area contributed by atoms with E-state index in [4.69, 9.17) is 5.11 Å². The van der Waals surface area contributed by atoms with Crippen LogP contribution < -0.4 is 0 Å². The maximum absolute atomic E-state index is 10.3. The molecular formula is C8H14O3S. The van der Waals surface area contributed by atoms with Gasteiger partial charge in [0.2, 0.25) is 0 Å². The molecule has 1 heterocycles. The first-order chi connectivity index (χ1) is 5.70. The zero-order chi connectivity index (χ0) is 8.97. The molecule has 3 nitrogen and oxygen atoms in total. The van der Waals surface area contributed by atoms with Gasteiger partial charge in [-0.2, -0.15) is 11.8 Å². The molecule has 0 aromatic heterocycles. The minimum Gasteiger partial charge on any atom is -0.481 e. The quantitative estimate of drug-likeness (QED) is 0.696. The molecule has 4 heteroatoms. The number of aliphatic carboxylic acids is 1. The van der Waals surface area contributed by atoms with Crippen LogP contribution >= 0.6 is 11.8 Å². The summed E-state index contributed by atoms with van der Waals surface area (Å²) >= 11 is 1.81. The summed E-state index contributed by atoms with van der Waals surface area (Å²) in [6.07, 6.45) is 1.34. The molecule has 0 spiro atoms. The highest BCUT2D eigenvalue weighted by atomic mass is 32.2. The Morgan fingerprint density at radius 2 is 2.33 bits per heavy atom. The molecule has 0 saturated carbocycles. The van der Waals surface area contributed by atoms with E-state index in [2.05, 4.69) is 0 Å². The maximum Gasteiger partial charge on any atom is 0.303 e. The maximum atomic E-state index is 10.3. The molecule has 12 heavy (non-hydrogen) atoms. The van der Waals surface area contributed by atoms with Gasteiger partial charge in [-0.15, -0.1) is 0 Å². The summed E-state index contributed by atoms with van der Waals surface area (Å²) in [5, 5.41) is 17.9. The Kier molecular flexibility index (Phi) is 3.88. The van der Waals surface area contributed by atoms with Gasteiger partial charge in [0, 0.05) is 6.42 Å². The molecular weight excluding hydrogens is 176 g/mol. The second kappa shape index (κ2) is 4.72. The fourth-order valence-corrected chi connectivity index (χ4v) is 2.64. The number of carbonyl (C=O) groups is 1. The van der Waals surface area contributed by atoms with Crippen molar-refractivity contribution in [1.29, 1.82) is 0 Å². The van der Waals surface area contributed by atoms with Gasteiger partial charge in [0.25, 0.3) is 0 Å². The van der Waals surface area contributed by atoms with Crippen molar-refractivity contribution < 1.29 is 15.0 Å². The van der Waals surface area contributed by atoms with Crippen molar-refractivity contribution in [3.05, 3.63) is 0 Å². The number of carboxylic acids is 1. The molecule has 1 fully saturated rings. The minimum atomic E-state index is -0.766. The van der Waals surface area contributed by atoms with Gasteiger partial charge in [0.1, 0.15) is 0 Å². The Bertz CT molecular complexity index is 160. The molecule has 0 radical (unpaired) electrons. The van der Waals surface area contributed by atoms with Crippen LogP contribution in [0.4, 0.5) is 0 Å². The highest BCUT2D eigenvalue weighted by molar-refractivity contribution is 7.99. The number of hydrogen-bond donors (Lipinski definition) is 2. The standard InChI is InChI=1S/C8H14O3S/c9-7-3-4-12-5-6(7)1-2-8(10)11/h6-7,9H,1-5H2,(H,10,11)/t6-,7+/m0/s1. The van der Waals surface area contributed by atoms with Gasteiger partial charge >= 0.3 is 5.97 Å². The topological polar surface area (TPSA) is 57.5 Å². The summed E-state index contributed by atoms with van der Waals surface area (Å²) in [6, 6.07) is 0. The smallest absolute Gasteiger partial charge is 0.303 e. The highest BCUT2D eigenvalue weighted by Gasteiger charge is 2.23. The molecule has 0 unspecified atom stereocenters. The van der Waals surface area contributed by atoms with Crippen LogP contribution in [0, 0.1) is 5.92 Å². The molecule has 1 rings (SSSR count). The van der Waals surface area contributed by atoms with E-state index in [1.807, 2.05) is 0 Å². The SMILES string of the molecule is O=C(O)CC[C@H]1CSCC[C@H]1O. The Labute approximate surface area is 76.2 Å². The minimum absolute atomic E-state index is 0.183. The van der Waals surface area contributed by atoms with Gasteiger partial charge in [0.15, 0.2) is 0 Å². The van der Waals surface area contributed by atoms with Crippen LogP contribution in [0.1, 0.15) is 19.3 Å². The van der Waals surface area contributed by atoms with Crippen molar-refractivity contribution in [2.24, 2.45) is 5.92 Å². The Hall–Kier alpha value is -0.220. The lowest BCUT2D eigenvalue weighted by Gasteiger charge is -2.26. The number of thioether (sulfide) groups is 1. The largest absolute Gasteiger partial charge is 0.481 e. The fraction of sp³-hybridized carbons (Fsp3) is 0.875. The lowest BCUT2D eigenvalue weighted by atomic mass is 9.96. The van der Waals surface area contributed by atoms with Crippen LogP contribution in [0.25, 0.3) is 0 Å². The second-order valence-corrected chi connectivity index (χ2v) is 4.27. The number of aliphatic hydroxyl groups excluding tert-OH is 1. The summed E-state index contributed by atoms with van der Waals surface area (Å²) in [4.78, 5) is 10.3. The van der Waals surface area contributed by atoms with Crippen molar-refractivity contribution in [1.82, 2.24) is 0 Å². The molecule has 2 N–H and O–H groups in total. The van der Waals surface area contributed by atoms with Crippen LogP contribution in [-0.2, 0) is 4.79 Å². The third-order valence-electron chi connectivity index (χ3n) is 2.16. The predicted molar refractivity (Wildman–Crippen MR) is 48.3 cm³/mol. The van der Waals surface area contributed by atoms with Crippen LogP contribution in [-0.4, -0.2) is 33.8 Å². The van der Waals surface area contributed by atoms with Gasteiger partial charge in [-0.25, -0.2) is 0 Å².